The standard InChI is InChI=1S/C22H18F2N4O2.C21H13F2N3O.C20H13F2NO2.C15H10BrFO2.C7H18N2Si2.C5H5BFNO2.CH5NO.ClH/c1-28-21(25)27-22(30-28)12-19(13-6-3-2-4-7-13)29-18-11-17(23)15(10-16(18)22)14-8-5-9-26-20(14)24;1-24-26-18-12-19(13-6-3-2-4-7-13)27-20-11-17(22)15(10-16(18)20)14-8-5-9-25-21(14)23;21-16-10-19-15(9-14(16)13-7-4-8-23-20(13)22)17(24)11-18(25-19)12-5-2-1-3-6-12;16-11-6-10-13(18)8-14(9-4-2-1-3-5-9)19-15(10)7-12(11)17;1-10(2,3)8-7-9-11(4,5)6;7-5-4(6(9)10)2-1-3-8-5;1-2-3;/h2-11,19H,12H2,1H3,(H2,25,27);2-11,19H,12H2;1-10,18H,11H2;1-7,14H,8H2;1-6H3;1-3,9-10H;2-3H,1H3;1H/b;26-18-;;;;;;. The molecule has 5 aliphatic heterocycles. The minimum Gasteiger partial charge on any atom is -0.485 e. The molecule has 6 N–H and O–H groups in total. The fourth-order valence-electron chi connectivity index (χ4n) is 13.1. The third-order valence-electron chi connectivity index (χ3n) is 19.0. The molecule has 126 heavy (non-hydrogen) atoms. The van der Waals surface area contributed by atoms with Gasteiger partial charge in [0.15, 0.2) is 28.0 Å². The molecule has 5 aliphatic rings. The monoisotopic (exact) mass is 1840 g/mol. The number of guanidine groups is 1. The Kier molecular flexibility index (Phi) is 32.7. The van der Waals surface area contributed by atoms with Gasteiger partial charge in [0.05, 0.1) is 45.1 Å². The second kappa shape index (κ2) is 43.2. The van der Waals surface area contributed by atoms with E-state index in [0.29, 0.717) is 41.0 Å². The van der Waals surface area contributed by atoms with Crippen molar-refractivity contribution >= 4 is 86.6 Å². The third-order valence-corrected chi connectivity index (χ3v) is 21.1. The van der Waals surface area contributed by atoms with Gasteiger partial charge in [-0.3, -0.25) is 18.9 Å². The van der Waals surface area contributed by atoms with Crippen molar-refractivity contribution in [2.75, 3.05) is 14.1 Å². The maximum atomic E-state index is 15.0. The number of hydrogen-bond donors (Lipinski definition) is 5. The number of ether oxygens (including phenoxy) is 4. The number of ketones is 2. The molecule has 5 atom stereocenters. The molecule has 12 aromatic rings. The van der Waals surface area contributed by atoms with Crippen LogP contribution in [0.4, 0.5) is 35.1 Å². The Balaban J connectivity index is 0.000000162. The average molecular weight is 1840 g/mol. The van der Waals surface area contributed by atoms with E-state index < -0.39 is 88.6 Å². The molecule has 0 amide bonds. The third kappa shape index (κ3) is 24.4. The minimum absolute atomic E-state index is 0. The summed E-state index contributed by atoms with van der Waals surface area (Å²) in [5.41, 5.74) is 12.2. The first kappa shape index (κ1) is 95.4. The van der Waals surface area contributed by atoms with E-state index in [2.05, 4.69) is 106 Å². The number of benzene rings is 8. The molecule has 35 heteroatoms. The maximum absolute atomic E-state index is 15.0. The number of aliphatic imine (C=N–C) groups is 1. The molecule has 0 saturated carbocycles. The zero-order valence-electron chi connectivity index (χ0n) is 68.9. The smallest absolute Gasteiger partial charge is 0.485 e. The molecule has 1 spiro atoms. The SMILES string of the molecule is CN1OC2(CC(c3ccccc3)Oc3cc(F)c(-c4cccnc4F)cc32)N=C1N.CNO.C[Si](C)(C)N=C=N[Si](C)(C)C.Cl.O=C1CC(c2ccccc2)Oc2cc(F)c(-c3cccnc3F)cc21.O=C1CC(c2ccccc2)Oc2cc(F)c(Br)cc21.OB(O)c1cccnc1F.[C-]#[N+]/N=C1/CC(c2ccccc2)Oc2cc(F)c(-c3cccnc3F)cc21. The van der Waals surface area contributed by atoms with Gasteiger partial charge >= 0.3 is 7.12 Å². The second-order valence-electron chi connectivity index (χ2n) is 30.1. The van der Waals surface area contributed by atoms with Crippen LogP contribution in [0.15, 0.2) is 267 Å². The van der Waals surface area contributed by atoms with E-state index in [9.17, 15) is 40.3 Å². The Morgan fingerprint density at radius 2 is 0.857 bits per heavy atom. The van der Waals surface area contributed by atoms with Crippen molar-refractivity contribution in [1.82, 2.24) is 30.5 Å². The summed E-state index contributed by atoms with van der Waals surface area (Å²) in [4.78, 5) is 52.3. The van der Waals surface area contributed by atoms with Gasteiger partial charge in [-0.25, -0.2) is 57.9 Å². The van der Waals surface area contributed by atoms with Gasteiger partial charge in [-0.05, 0) is 144 Å². The number of hydroxylamine groups is 3. The van der Waals surface area contributed by atoms with Crippen molar-refractivity contribution in [3.8, 4) is 56.4 Å². The van der Waals surface area contributed by atoms with Crippen molar-refractivity contribution < 1.29 is 83.8 Å². The lowest BCUT2D eigenvalue weighted by atomic mass is 9.81. The van der Waals surface area contributed by atoms with Crippen LogP contribution in [-0.2, 0) is 10.6 Å². The molecule has 0 aliphatic carbocycles. The molecule has 8 aromatic carbocycles. The highest BCUT2D eigenvalue weighted by Gasteiger charge is 2.50. The van der Waals surface area contributed by atoms with Crippen LogP contribution in [0.5, 0.6) is 23.0 Å². The van der Waals surface area contributed by atoms with E-state index in [-0.39, 0.29) is 121 Å². The first-order valence-electron chi connectivity index (χ1n) is 38.7. The van der Waals surface area contributed by atoms with Crippen LogP contribution < -0.4 is 35.6 Å². The number of carbonyl (C=O) groups excluding carboxylic acids is 2. The summed E-state index contributed by atoms with van der Waals surface area (Å²) in [5.74, 6) is -4.49. The number of hydrogen-bond acceptors (Lipinski definition) is 21. The summed E-state index contributed by atoms with van der Waals surface area (Å²) in [7, 11) is -1.34. The number of halogens is 10. The first-order chi connectivity index (χ1) is 59.8. The normalized spacial score (nSPS) is 16.9. The molecule has 5 unspecified atom stereocenters. The van der Waals surface area contributed by atoms with Crippen LogP contribution in [0.25, 0.3) is 38.3 Å². The van der Waals surface area contributed by atoms with Gasteiger partial charge in [-0.2, -0.15) is 24.1 Å². The molecule has 648 valence electrons. The van der Waals surface area contributed by atoms with E-state index in [1.807, 2.05) is 121 Å². The number of carbonyl (C=O) groups is 2. The van der Waals surface area contributed by atoms with Gasteiger partial charge in [-0.1, -0.05) is 127 Å². The highest BCUT2D eigenvalue weighted by molar-refractivity contribution is 9.10. The number of Topliss-reactive ketones (excluding diaryl/α,β-unsaturated/α-hetero) is 2. The van der Waals surface area contributed by atoms with Crippen molar-refractivity contribution in [2.24, 2.45) is 25.1 Å². The minimum atomic E-state index is -1.78. The number of nitrogens with zero attached hydrogens (tertiary/aromatic N) is 10. The van der Waals surface area contributed by atoms with E-state index in [1.54, 1.807) is 18.6 Å². The van der Waals surface area contributed by atoms with Crippen molar-refractivity contribution in [3.63, 3.8) is 0 Å². The van der Waals surface area contributed by atoms with Crippen LogP contribution >= 0.6 is 28.3 Å². The van der Waals surface area contributed by atoms with Crippen molar-refractivity contribution in [3.05, 3.63) is 351 Å². The molecule has 0 bridgehead atoms. The van der Waals surface area contributed by atoms with E-state index in [1.165, 1.54) is 122 Å². The fraction of sp³-hybridized carbons (Fsp3) is 0.187. The summed E-state index contributed by atoms with van der Waals surface area (Å²) in [6.45, 7) is 20.2. The number of pyridine rings is 4. The maximum Gasteiger partial charge on any atom is 0.493 e. The number of nitrogens with one attached hydrogen (secondary N) is 1. The Morgan fingerprint density at radius 3 is 1.24 bits per heavy atom. The zero-order valence-corrected chi connectivity index (χ0v) is 73.3. The van der Waals surface area contributed by atoms with Crippen molar-refractivity contribution in [2.45, 2.75) is 95.1 Å². The highest BCUT2D eigenvalue weighted by Crippen LogP contribution is 2.52. The van der Waals surface area contributed by atoms with Crippen LogP contribution in [0.2, 0.25) is 39.3 Å². The predicted molar refractivity (Wildman–Crippen MR) is 473 cm³/mol. The van der Waals surface area contributed by atoms with Gasteiger partial charge in [0.1, 0.15) is 76.4 Å². The van der Waals surface area contributed by atoms with E-state index in [4.69, 9.17) is 51.3 Å². The van der Waals surface area contributed by atoms with Gasteiger partial charge < -0.3 is 39.9 Å². The molecule has 4 aromatic heterocycles. The summed E-state index contributed by atoms with van der Waals surface area (Å²) < 4.78 is 145. The largest absolute Gasteiger partial charge is 0.493 e. The van der Waals surface area contributed by atoms with Gasteiger partial charge in [0.25, 0.3) is 0 Å². The van der Waals surface area contributed by atoms with Crippen LogP contribution in [0.3, 0.4) is 0 Å². The van der Waals surface area contributed by atoms with E-state index in [0.717, 1.165) is 28.3 Å². The van der Waals surface area contributed by atoms with E-state index >= 15 is 4.39 Å². The molecule has 0 radical (unpaired) electrons. The van der Waals surface area contributed by atoms with Crippen molar-refractivity contribution in [1.29, 1.82) is 0 Å². The summed E-state index contributed by atoms with van der Waals surface area (Å²) in [6.07, 6.45) is 4.63. The Morgan fingerprint density at radius 1 is 0.500 bits per heavy atom. The molecular weight excluding hydrogens is 1760 g/mol. The van der Waals surface area contributed by atoms with Crippen LogP contribution in [0.1, 0.15) is 104 Å². The van der Waals surface area contributed by atoms with Crippen LogP contribution in [0, 0.1) is 53.6 Å². The average Bonchev–Trinajstić information content (AvgIpc) is 1.51. The topological polar surface area (TPSA) is 288 Å². The number of rotatable bonds is 10. The first-order valence-corrected chi connectivity index (χ1v) is 46.4. The number of nitrogens with two attached hydrogens (primary N) is 1. The molecule has 17 rings (SSSR count). The van der Waals surface area contributed by atoms with Gasteiger partial charge in [0.2, 0.25) is 35.5 Å². The Hall–Kier alpha value is -12.8. The summed E-state index contributed by atoms with van der Waals surface area (Å²) in [6, 6.07) is 62.9. The van der Waals surface area contributed by atoms with Crippen LogP contribution in [-0.4, -0.2) is 107 Å². The zero-order chi connectivity index (χ0) is 89.9. The molecule has 22 nitrogen and oxygen atoms in total. The quantitative estimate of drug-likeness (QED) is 0.0212. The van der Waals surface area contributed by atoms with Gasteiger partial charge in [0, 0.05) is 120 Å². The lowest BCUT2D eigenvalue weighted by Gasteiger charge is -2.37. The Labute approximate surface area is 737 Å². The second-order valence-corrected chi connectivity index (χ2v) is 40.1. The fourth-order valence-corrected chi connectivity index (χ4v) is 14.3. The Bertz CT molecular complexity index is 6020. The summed E-state index contributed by atoms with van der Waals surface area (Å²) >= 11 is 3.08. The molecule has 0 fully saturated rings. The van der Waals surface area contributed by atoms with Gasteiger partial charge in [-0.15, -0.1) is 17.4 Å². The number of fused-ring (bicyclic) bond motifs is 5. The lowest BCUT2D eigenvalue weighted by Crippen LogP contribution is -2.36. The highest BCUT2D eigenvalue weighted by atomic mass is 79.9. The molecular formula is C91H83BBrClF8N12O10Si2. The lowest BCUT2D eigenvalue weighted by molar-refractivity contribution is -0.191. The predicted octanol–water partition coefficient (Wildman–Crippen LogP) is 19.8. The summed E-state index contributed by atoms with van der Waals surface area (Å²) in [5, 5.41) is 29.5. The number of aromatic nitrogens is 4. The molecule has 9 heterocycles. The molecule has 0 saturated heterocycles.